The molecule has 280 valence electrons. The molecule has 0 aromatic rings. The number of esters is 8. The summed E-state index contributed by atoms with van der Waals surface area (Å²) < 4.78 is 53.7. The van der Waals surface area contributed by atoms with Crippen LogP contribution >= 0.6 is 0 Å². The molecule has 2 saturated heterocycles. The van der Waals surface area contributed by atoms with Gasteiger partial charge >= 0.3 is 47.8 Å². The van der Waals surface area contributed by atoms with Gasteiger partial charge in [0.15, 0.2) is 24.4 Å². The molecule has 2 fully saturated rings. The third-order valence-electron chi connectivity index (χ3n) is 6.95. The summed E-state index contributed by atoms with van der Waals surface area (Å²) in [5.41, 5.74) is 0. The van der Waals surface area contributed by atoms with Crippen molar-refractivity contribution in [3.8, 4) is 0 Å². The fourth-order valence-electron chi connectivity index (χ4n) is 4.32. The molecule has 2 heterocycles. The Bertz CT molecular complexity index is 1170. The van der Waals surface area contributed by atoms with Gasteiger partial charge in [-0.3, -0.25) is 28.8 Å². The molecule has 50 heavy (non-hydrogen) atoms. The van der Waals surface area contributed by atoms with E-state index in [1.807, 2.05) is 0 Å². The molecule has 2 aliphatic heterocycles. The van der Waals surface area contributed by atoms with Crippen LogP contribution in [0, 0.1) is 0 Å². The van der Waals surface area contributed by atoms with Gasteiger partial charge in [0.25, 0.3) is 0 Å². The van der Waals surface area contributed by atoms with Crippen LogP contribution in [0.25, 0.3) is 0 Å². The summed E-state index contributed by atoms with van der Waals surface area (Å²) in [7, 11) is 0. The standard InChI is InChI=1S/C32H44O18/c1-7-19(33)43-17-15-41-31(29(47-23(37)11-5)27(17)45-21(35)9-3)49-25(39)13-14-26(40)50-32-30(48-24(38)12-6)28(46-22(36)10-4)18(16-42-32)44-20(34)8-2/h13-14,17-18,27-32H,7-12,15-16H2,1-6H3/b14-13+/t17-,18-,27-,28-,29+,30+,31-,32-/m0/s1. The zero-order valence-corrected chi connectivity index (χ0v) is 28.8. The van der Waals surface area contributed by atoms with E-state index >= 15 is 0 Å². The first kappa shape index (κ1) is 41.6. The minimum Gasteiger partial charge on any atom is -0.456 e. The van der Waals surface area contributed by atoms with Gasteiger partial charge in [-0.25, -0.2) is 9.59 Å². The number of hydrogen-bond acceptors (Lipinski definition) is 18. The Morgan fingerprint density at radius 1 is 0.420 bits per heavy atom. The second-order valence-electron chi connectivity index (χ2n) is 10.6. The summed E-state index contributed by atoms with van der Waals surface area (Å²) in [5.74, 6) is -6.73. The second kappa shape index (κ2) is 20.8. The van der Waals surface area contributed by atoms with Crippen LogP contribution in [0.3, 0.4) is 0 Å². The van der Waals surface area contributed by atoms with E-state index in [4.69, 9.17) is 47.4 Å². The molecule has 0 radical (unpaired) electrons. The summed E-state index contributed by atoms with van der Waals surface area (Å²) in [6.07, 6.45) is -10.8. The molecule has 0 N–H and O–H groups in total. The molecule has 0 aliphatic carbocycles. The van der Waals surface area contributed by atoms with Crippen molar-refractivity contribution in [3.63, 3.8) is 0 Å². The van der Waals surface area contributed by atoms with Crippen molar-refractivity contribution in [3.05, 3.63) is 12.2 Å². The third-order valence-corrected chi connectivity index (χ3v) is 6.95. The SMILES string of the molecule is CCC(=O)O[C@@H]1[C@@H](OC(=O)CC)[C@H](OC(=O)/C=C/C(=O)O[C@@H]2OC[C@H](OC(=O)CC)[C@H](OC(=O)CC)[C@H]2OC(=O)CC)OC[C@@H]1OC(=O)CC. The monoisotopic (exact) mass is 716 g/mol. The van der Waals surface area contributed by atoms with Gasteiger partial charge < -0.3 is 47.4 Å². The van der Waals surface area contributed by atoms with E-state index in [-0.39, 0.29) is 38.5 Å². The molecule has 2 aliphatic rings. The highest BCUT2D eigenvalue weighted by atomic mass is 16.7. The van der Waals surface area contributed by atoms with Crippen LogP contribution in [-0.4, -0.2) is 110 Å². The minimum absolute atomic E-state index is 0.0191. The summed E-state index contributed by atoms with van der Waals surface area (Å²) in [6, 6.07) is 0. The van der Waals surface area contributed by atoms with Gasteiger partial charge in [-0.05, 0) is 0 Å². The molecule has 0 spiro atoms. The van der Waals surface area contributed by atoms with E-state index in [2.05, 4.69) is 0 Å². The molecular weight excluding hydrogens is 672 g/mol. The van der Waals surface area contributed by atoms with Crippen LogP contribution in [-0.2, 0) is 85.7 Å². The van der Waals surface area contributed by atoms with E-state index in [0.29, 0.717) is 12.2 Å². The van der Waals surface area contributed by atoms with Crippen LogP contribution in [0.5, 0.6) is 0 Å². The average Bonchev–Trinajstić information content (AvgIpc) is 3.11. The number of hydrogen-bond donors (Lipinski definition) is 0. The number of ether oxygens (including phenoxy) is 10. The van der Waals surface area contributed by atoms with E-state index in [0.717, 1.165) is 0 Å². The maximum absolute atomic E-state index is 12.8. The maximum atomic E-state index is 12.8. The molecule has 18 nitrogen and oxygen atoms in total. The summed E-state index contributed by atoms with van der Waals surface area (Å²) >= 11 is 0. The van der Waals surface area contributed by atoms with Crippen LogP contribution in [0.2, 0.25) is 0 Å². The van der Waals surface area contributed by atoms with Crippen LogP contribution < -0.4 is 0 Å². The zero-order valence-electron chi connectivity index (χ0n) is 28.8. The Morgan fingerprint density at radius 3 is 0.960 bits per heavy atom. The molecule has 0 saturated carbocycles. The van der Waals surface area contributed by atoms with E-state index in [1.165, 1.54) is 41.5 Å². The Morgan fingerprint density at radius 2 is 0.680 bits per heavy atom. The Labute approximate surface area is 288 Å². The first-order valence-corrected chi connectivity index (χ1v) is 16.3. The maximum Gasteiger partial charge on any atom is 0.333 e. The van der Waals surface area contributed by atoms with Gasteiger partial charge in [-0.2, -0.15) is 0 Å². The molecule has 0 amide bonds. The van der Waals surface area contributed by atoms with Gasteiger partial charge in [-0.15, -0.1) is 0 Å². The lowest BCUT2D eigenvalue weighted by Gasteiger charge is -2.40. The van der Waals surface area contributed by atoms with Crippen molar-refractivity contribution < 1.29 is 85.7 Å². The fourth-order valence-corrected chi connectivity index (χ4v) is 4.32. The van der Waals surface area contributed by atoms with Crippen molar-refractivity contribution in [2.75, 3.05) is 13.2 Å². The van der Waals surface area contributed by atoms with Crippen molar-refractivity contribution >= 4 is 47.8 Å². The molecule has 0 bridgehead atoms. The van der Waals surface area contributed by atoms with Gasteiger partial charge in [0, 0.05) is 50.7 Å². The molecule has 0 unspecified atom stereocenters. The summed E-state index contributed by atoms with van der Waals surface area (Å²) in [6.45, 7) is 8.24. The smallest absolute Gasteiger partial charge is 0.333 e. The molecule has 0 aromatic heterocycles. The Kier molecular flexibility index (Phi) is 17.3. The molecule has 0 aromatic carbocycles. The van der Waals surface area contributed by atoms with E-state index in [9.17, 15) is 38.4 Å². The molecular formula is C32H44O18. The first-order chi connectivity index (χ1) is 23.8. The highest BCUT2D eigenvalue weighted by Gasteiger charge is 2.50. The van der Waals surface area contributed by atoms with Gasteiger partial charge in [0.05, 0.1) is 13.2 Å². The first-order valence-electron chi connectivity index (χ1n) is 16.3. The third kappa shape index (κ3) is 12.7. The minimum atomic E-state index is -1.67. The Hall–Kier alpha value is -4.58. The quantitative estimate of drug-likeness (QED) is 0.124. The molecule has 2 rings (SSSR count). The highest BCUT2D eigenvalue weighted by molar-refractivity contribution is 5.91. The van der Waals surface area contributed by atoms with Crippen molar-refractivity contribution in [2.45, 2.75) is 129 Å². The molecule has 18 heteroatoms. The lowest BCUT2D eigenvalue weighted by Crippen LogP contribution is -2.58. The largest absolute Gasteiger partial charge is 0.456 e. The van der Waals surface area contributed by atoms with E-state index in [1.54, 1.807) is 0 Å². The van der Waals surface area contributed by atoms with Crippen LogP contribution in [0.15, 0.2) is 12.2 Å². The zero-order chi connectivity index (χ0) is 37.4. The van der Waals surface area contributed by atoms with Crippen molar-refractivity contribution in [1.29, 1.82) is 0 Å². The average molecular weight is 717 g/mol. The van der Waals surface area contributed by atoms with Gasteiger partial charge in [0.2, 0.25) is 24.8 Å². The predicted molar refractivity (Wildman–Crippen MR) is 162 cm³/mol. The van der Waals surface area contributed by atoms with Gasteiger partial charge in [0.1, 0.15) is 0 Å². The fraction of sp³-hybridized carbons (Fsp3) is 0.688. The summed E-state index contributed by atoms with van der Waals surface area (Å²) in [4.78, 5) is 98.6. The number of rotatable bonds is 16. The predicted octanol–water partition coefficient (Wildman–Crippen LogP) is 1.27. The van der Waals surface area contributed by atoms with Gasteiger partial charge in [-0.1, -0.05) is 41.5 Å². The Balaban J connectivity index is 2.24. The van der Waals surface area contributed by atoms with Crippen LogP contribution in [0.4, 0.5) is 0 Å². The lowest BCUT2D eigenvalue weighted by atomic mass is 10.0. The molecule has 8 atom stereocenters. The van der Waals surface area contributed by atoms with Crippen LogP contribution in [0.1, 0.15) is 80.1 Å². The summed E-state index contributed by atoms with van der Waals surface area (Å²) in [5, 5.41) is 0. The lowest BCUT2D eigenvalue weighted by molar-refractivity contribution is -0.274. The van der Waals surface area contributed by atoms with Crippen molar-refractivity contribution in [2.24, 2.45) is 0 Å². The number of carbonyl (C=O) groups excluding carboxylic acids is 8. The van der Waals surface area contributed by atoms with E-state index < -0.39 is 110 Å². The normalized spacial score (nSPS) is 26.1. The topological polar surface area (TPSA) is 229 Å². The highest BCUT2D eigenvalue weighted by Crippen LogP contribution is 2.28. The second-order valence-corrected chi connectivity index (χ2v) is 10.6. The number of carbonyl (C=O) groups is 8. The van der Waals surface area contributed by atoms with Crippen molar-refractivity contribution in [1.82, 2.24) is 0 Å².